The molecular weight excluding hydrogens is 172 g/mol. The highest BCUT2D eigenvalue weighted by molar-refractivity contribution is 5.18. The maximum atomic E-state index is 6.50. The van der Waals surface area contributed by atoms with Gasteiger partial charge in [-0.1, -0.05) is 13.8 Å². The van der Waals surface area contributed by atoms with Crippen LogP contribution >= 0.6 is 0 Å². The van der Waals surface area contributed by atoms with Crippen molar-refractivity contribution in [2.24, 2.45) is 11.7 Å². The molecule has 0 aliphatic carbocycles. The fourth-order valence-corrected chi connectivity index (χ4v) is 3.31. The van der Waals surface area contributed by atoms with Crippen molar-refractivity contribution in [1.29, 1.82) is 0 Å². The number of rotatable bonds is 1. The number of hydrogen-bond donors (Lipinski definition) is 1. The van der Waals surface area contributed by atoms with E-state index < -0.39 is 0 Å². The molecule has 0 bridgehead atoms. The number of likely N-dealkylation sites (N-methyl/N-ethyl adjacent to an activating group) is 1. The number of nitrogens with two attached hydrogens (primary N) is 1. The molecule has 1 fully saturated rings. The summed E-state index contributed by atoms with van der Waals surface area (Å²) in [7, 11) is 0. The van der Waals surface area contributed by atoms with Crippen molar-refractivity contribution in [3.63, 3.8) is 0 Å². The van der Waals surface area contributed by atoms with Crippen LogP contribution in [0.2, 0.25) is 0 Å². The average Bonchev–Trinajstić information content (AvgIpc) is 2.09. The van der Waals surface area contributed by atoms with Crippen LogP contribution < -0.4 is 5.73 Å². The zero-order valence-electron chi connectivity index (χ0n) is 10.8. The second-order valence-corrected chi connectivity index (χ2v) is 5.96. The standard InChI is InChI=1S/C12H26N2/c1-8-14-10(3,4)9(2)12(7,13)11(14,5)6/h9H,8,13H2,1-7H3. The van der Waals surface area contributed by atoms with Gasteiger partial charge in [0, 0.05) is 16.6 Å². The average molecular weight is 198 g/mol. The van der Waals surface area contributed by atoms with Crippen molar-refractivity contribution in [2.75, 3.05) is 6.54 Å². The van der Waals surface area contributed by atoms with Gasteiger partial charge in [0.2, 0.25) is 0 Å². The Morgan fingerprint density at radius 2 is 1.57 bits per heavy atom. The Kier molecular flexibility index (Phi) is 2.53. The lowest BCUT2D eigenvalue weighted by atomic mass is 9.73. The normalized spacial score (nSPS) is 41.6. The monoisotopic (exact) mass is 198 g/mol. The van der Waals surface area contributed by atoms with Gasteiger partial charge in [-0.2, -0.15) is 0 Å². The lowest BCUT2D eigenvalue weighted by Crippen LogP contribution is -2.59. The van der Waals surface area contributed by atoms with Gasteiger partial charge in [0.05, 0.1) is 0 Å². The molecule has 2 atom stereocenters. The Bertz CT molecular complexity index is 228. The van der Waals surface area contributed by atoms with E-state index in [1.165, 1.54) is 0 Å². The highest BCUT2D eigenvalue weighted by Crippen LogP contribution is 2.49. The smallest absolute Gasteiger partial charge is 0.0350 e. The zero-order valence-corrected chi connectivity index (χ0v) is 10.8. The van der Waals surface area contributed by atoms with Crippen LogP contribution in [0.25, 0.3) is 0 Å². The predicted molar refractivity (Wildman–Crippen MR) is 62.3 cm³/mol. The van der Waals surface area contributed by atoms with Crippen molar-refractivity contribution < 1.29 is 0 Å². The molecule has 0 amide bonds. The zero-order chi connectivity index (χ0) is 11.4. The van der Waals surface area contributed by atoms with E-state index >= 15 is 0 Å². The van der Waals surface area contributed by atoms with Crippen molar-refractivity contribution >= 4 is 0 Å². The molecule has 1 saturated heterocycles. The van der Waals surface area contributed by atoms with E-state index in [4.69, 9.17) is 5.73 Å². The minimum atomic E-state index is -0.119. The summed E-state index contributed by atoms with van der Waals surface area (Å²) in [4.78, 5) is 2.53. The van der Waals surface area contributed by atoms with Crippen molar-refractivity contribution in [1.82, 2.24) is 4.90 Å². The predicted octanol–water partition coefficient (Wildman–Crippen LogP) is 2.23. The highest BCUT2D eigenvalue weighted by Gasteiger charge is 2.60. The molecule has 0 aromatic carbocycles. The van der Waals surface area contributed by atoms with Crippen LogP contribution in [0.4, 0.5) is 0 Å². The summed E-state index contributed by atoms with van der Waals surface area (Å²) in [6.45, 7) is 16.9. The first-order valence-corrected chi connectivity index (χ1v) is 5.66. The molecule has 1 aliphatic heterocycles. The molecule has 1 rings (SSSR count). The number of nitrogens with zero attached hydrogens (tertiary/aromatic N) is 1. The van der Waals surface area contributed by atoms with Gasteiger partial charge in [-0.3, -0.25) is 4.90 Å². The Balaban J connectivity index is 3.22. The Hall–Kier alpha value is -0.0800. The molecule has 2 nitrogen and oxygen atoms in total. The van der Waals surface area contributed by atoms with Crippen LogP contribution in [0.5, 0.6) is 0 Å². The molecule has 0 saturated carbocycles. The van der Waals surface area contributed by atoms with E-state index in [0.29, 0.717) is 5.92 Å². The minimum absolute atomic E-state index is 0.0741. The van der Waals surface area contributed by atoms with Gasteiger partial charge in [0.1, 0.15) is 0 Å². The maximum absolute atomic E-state index is 6.50. The third-order valence-electron chi connectivity index (χ3n) is 4.96. The summed E-state index contributed by atoms with van der Waals surface area (Å²) in [5.41, 5.74) is 6.65. The van der Waals surface area contributed by atoms with E-state index in [1.54, 1.807) is 0 Å². The van der Waals surface area contributed by atoms with Gasteiger partial charge < -0.3 is 5.73 Å². The molecule has 14 heavy (non-hydrogen) atoms. The van der Waals surface area contributed by atoms with E-state index in [1.807, 2.05) is 0 Å². The molecule has 84 valence electrons. The second kappa shape index (κ2) is 2.96. The first kappa shape index (κ1) is 12.0. The van der Waals surface area contributed by atoms with Crippen molar-refractivity contribution in [3.05, 3.63) is 0 Å². The van der Waals surface area contributed by atoms with Gasteiger partial charge in [-0.05, 0) is 47.1 Å². The molecule has 0 aromatic rings. The number of hydrogen-bond acceptors (Lipinski definition) is 2. The van der Waals surface area contributed by atoms with Gasteiger partial charge in [0.25, 0.3) is 0 Å². The van der Waals surface area contributed by atoms with Gasteiger partial charge in [0.15, 0.2) is 0 Å². The van der Waals surface area contributed by atoms with Crippen LogP contribution in [0, 0.1) is 5.92 Å². The molecule has 0 spiro atoms. The summed E-state index contributed by atoms with van der Waals surface area (Å²) in [5.74, 6) is 0.505. The molecule has 0 radical (unpaired) electrons. The lowest BCUT2D eigenvalue weighted by Gasteiger charge is -2.43. The van der Waals surface area contributed by atoms with E-state index in [9.17, 15) is 0 Å². The van der Waals surface area contributed by atoms with E-state index in [2.05, 4.69) is 53.4 Å². The van der Waals surface area contributed by atoms with Gasteiger partial charge >= 0.3 is 0 Å². The van der Waals surface area contributed by atoms with Crippen LogP contribution in [0.1, 0.15) is 48.5 Å². The van der Waals surface area contributed by atoms with Gasteiger partial charge in [-0.15, -0.1) is 0 Å². The van der Waals surface area contributed by atoms with Crippen LogP contribution in [-0.4, -0.2) is 28.1 Å². The molecule has 2 heteroatoms. The second-order valence-electron chi connectivity index (χ2n) is 5.96. The largest absolute Gasteiger partial charge is 0.323 e. The van der Waals surface area contributed by atoms with Crippen molar-refractivity contribution in [2.45, 2.75) is 65.1 Å². The molecule has 2 unspecified atom stereocenters. The summed E-state index contributed by atoms with van der Waals surface area (Å²) in [6, 6.07) is 0. The van der Waals surface area contributed by atoms with Crippen LogP contribution in [0.15, 0.2) is 0 Å². The van der Waals surface area contributed by atoms with E-state index in [0.717, 1.165) is 6.54 Å². The fraction of sp³-hybridized carbons (Fsp3) is 1.00. The lowest BCUT2D eigenvalue weighted by molar-refractivity contribution is 0.0657. The first-order chi connectivity index (χ1) is 6.10. The van der Waals surface area contributed by atoms with Gasteiger partial charge in [-0.25, -0.2) is 0 Å². The Labute approximate surface area is 88.8 Å². The van der Waals surface area contributed by atoms with Crippen molar-refractivity contribution in [3.8, 4) is 0 Å². The number of likely N-dealkylation sites (tertiary alicyclic amines) is 1. The quantitative estimate of drug-likeness (QED) is 0.700. The topological polar surface area (TPSA) is 29.3 Å². The summed E-state index contributed by atoms with van der Waals surface area (Å²) in [5, 5.41) is 0. The summed E-state index contributed by atoms with van der Waals surface area (Å²) < 4.78 is 0. The highest BCUT2D eigenvalue weighted by atomic mass is 15.3. The first-order valence-electron chi connectivity index (χ1n) is 5.66. The molecule has 1 aliphatic rings. The van der Waals surface area contributed by atoms with Crippen LogP contribution in [-0.2, 0) is 0 Å². The molecule has 1 heterocycles. The Morgan fingerprint density at radius 1 is 1.14 bits per heavy atom. The maximum Gasteiger partial charge on any atom is 0.0350 e. The molecule has 2 N–H and O–H groups in total. The van der Waals surface area contributed by atoms with E-state index in [-0.39, 0.29) is 16.6 Å². The fourth-order valence-electron chi connectivity index (χ4n) is 3.31. The summed E-state index contributed by atoms with van der Waals surface area (Å²) in [6.07, 6.45) is 0. The SMILES string of the molecule is CCN1C(C)(C)C(C)C(C)(N)C1(C)C. The molecule has 0 aromatic heterocycles. The summed E-state index contributed by atoms with van der Waals surface area (Å²) >= 11 is 0. The third-order valence-corrected chi connectivity index (χ3v) is 4.96. The minimum Gasteiger partial charge on any atom is -0.323 e. The molecular formula is C12H26N2. The third kappa shape index (κ3) is 1.17. The Morgan fingerprint density at radius 3 is 1.71 bits per heavy atom. The van der Waals surface area contributed by atoms with Crippen LogP contribution in [0.3, 0.4) is 0 Å².